The fourth-order valence-electron chi connectivity index (χ4n) is 2.77. The summed E-state index contributed by atoms with van der Waals surface area (Å²) in [7, 11) is 0. The summed E-state index contributed by atoms with van der Waals surface area (Å²) in [6.07, 6.45) is 0.944. The summed E-state index contributed by atoms with van der Waals surface area (Å²) in [6.45, 7) is 6.48. The molecular weight excluding hydrogens is 347 g/mol. The first-order valence-corrected chi connectivity index (χ1v) is 8.50. The molecule has 2 amide bonds. The van der Waals surface area contributed by atoms with Crippen molar-refractivity contribution in [2.75, 3.05) is 13.1 Å². The first kappa shape index (κ1) is 20.2. The van der Waals surface area contributed by atoms with Gasteiger partial charge in [0, 0.05) is 25.2 Å². The SMILES string of the molecule is CC(C)(C)C(N)C(=O)N1CCC(NC(=O)c2cc(F)c(F)cc2F)CC1. The molecule has 0 aromatic heterocycles. The summed E-state index contributed by atoms with van der Waals surface area (Å²) in [5.41, 5.74) is 5.09. The monoisotopic (exact) mass is 371 g/mol. The zero-order valence-electron chi connectivity index (χ0n) is 15.1. The van der Waals surface area contributed by atoms with E-state index in [0.717, 1.165) is 0 Å². The van der Waals surface area contributed by atoms with Gasteiger partial charge in [-0.25, -0.2) is 13.2 Å². The van der Waals surface area contributed by atoms with Crippen molar-refractivity contribution in [1.82, 2.24) is 10.2 Å². The number of carbonyl (C=O) groups excluding carboxylic acids is 2. The van der Waals surface area contributed by atoms with Crippen molar-refractivity contribution >= 4 is 11.8 Å². The Morgan fingerprint density at radius 3 is 2.19 bits per heavy atom. The van der Waals surface area contributed by atoms with Gasteiger partial charge in [0.05, 0.1) is 11.6 Å². The Labute approximate surface area is 150 Å². The van der Waals surface area contributed by atoms with Gasteiger partial charge in [-0.1, -0.05) is 20.8 Å². The molecule has 1 saturated heterocycles. The molecule has 1 aromatic rings. The number of nitrogens with one attached hydrogen (secondary N) is 1. The lowest BCUT2D eigenvalue weighted by Gasteiger charge is -2.36. The van der Waals surface area contributed by atoms with Gasteiger partial charge in [-0.2, -0.15) is 0 Å². The number of amides is 2. The van der Waals surface area contributed by atoms with E-state index in [4.69, 9.17) is 5.73 Å². The summed E-state index contributed by atoms with van der Waals surface area (Å²) in [5, 5.41) is 2.60. The summed E-state index contributed by atoms with van der Waals surface area (Å²) in [6, 6.07) is -0.0182. The number of carbonyl (C=O) groups is 2. The zero-order valence-corrected chi connectivity index (χ0v) is 15.1. The Bertz CT molecular complexity index is 696. The van der Waals surface area contributed by atoms with Gasteiger partial charge < -0.3 is 16.0 Å². The third-order valence-corrected chi connectivity index (χ3v) is 4.60. The average molecular weight is 371 g/mol. The molecule has 0 aliphatic carbocycles. The average Bonchev–Trinajstić information content (AvgIpc) is 2.56. The molecule has 26 heavy (non-hydrogen) atoms. The first-order valence-electron chi connectivity index (χ1n) is 8.50. The minimum absolute atomic E-state index is 0.145. The van der Waals surface area contributed by atoms with Crippen molar-refractivity contribution < 1.29 is 22.8 Å². The van der Waals surface area contributed by atoms with Gasteiger partial charge in [0.15, 0.2) is 11.6 Å². The van der Waals surface area contributed by atoms with Crippen molar-refractivity contribution in [3.8, 4) is 0 Å². The van der Waals surface area contributed by atoms with Crippen molar-refractivity contribution in [3.63, 3.8) is 0 Å². The number of nitrogens with zero attached hydrogens (tertiary/aromatic N) is 1. The molecule has 1 unspecified atom stereocenters. The largest absolute Gasteiger partial charge is 0.349 e. The van der Waals surface area contributed by atoms with Crippen LogP contribution in [0.4, 0.5) is 13.2 Å². The minimum atomic E-state index is -1.35. The molecule has 3 N–H and O–H groups in total. The highest BCUT2D eigenvalue weighted by molar-refractivity contribution is 5.94. The van der Waals surface area contributed by atoms with Gasteiger partial charge in [0.2, 0.25) is 5.91 Å². The van der Waals surface area contributed by atoms with E-state index >= 15 is 0 Å². The van der Waals surface area contributed by atoms with E-state index < -0.39 is 35.0 Å². The molecular formula is C18H24F3N3O2. The van der Waals surface area contributed by atoms with Gasteiger partial charge >= 0.3 is 0 Å². The standard InChI is InChI=1S/C18H24F3N3O2/c1-18(2,3)15(22)17(26)24-6-4-10(5-7-24)23-16(25)11-8-13(20)14(21)9-12(11)19/h8-10,15H,4-7,22H2,1-3H3,(H,23,25). The van der Waals surface area contributed by atoms with Gasteiger partial charge in [-0.3, -0.25) is 9.59 Å². The molecule has 2 rings (SSSR count). The summed E-state index contributed by atoms with van der Waals surface area (Å²) < 4.78 is 39.9. The molecule has 0 spiro atoms. The molecule has 0 bridgehead atoms. The normalized spacial score (nSPS) is 17.1. The maximum Gasteiger partial charge on any atom is 0.254 e. The van der Waals surface area contributed by atoms with Crippen LogP contribution in [0.1, 0.15) is 44.0 Å². The highest BCUT2D eigenvalue weighted by Crippen LogP contribution is 2.21. The van der Waals surface area contributed by atoms with Crippen LogP contribution >= 0.6 is 0 Å². The molecule has 1 aliphatic heterocycles. The number of nitrogens with two attached hydrogens (primary N) is 1. The van der Waals surface area contributed by atoms with Crippen LogP contribution in [0, 0.1) is 22.9 Å². The molecule has 144 valence electrons. The second-order valence-corrected chi connectivity index (χ2v) is 7.66. The Hall–Kier alpha value is -2.09. The van der Waals surface area contributed by atoms with Gasteiger partial charge in [-0.15, -0.1) is 0 Å². The second kappa shape index (κ2) is 7.65. The smallest absolute Gasteiger partial charge is 0.254 e. The number of rotatable bonds is 3. The number of piperidine rings is 1. The molecule has 0 saturated carbocycles. The molecule has 1 fully saturated rings. The lowest BCUT2D eigenvalue weighted by molar-refractivity contribution is -0.136. The van der Waals surface area contributed by atoms with Gasteiger partial charge in [0.25, 0.3) is 5.91 Å². The van der Waals surface area contributed by atoms with Crippen molar-refractivity contribution in [2.24, 2.45) is 11.1 Å². The van der Waals surface area contributed by atoms with E-state index in [1.54, 1.807) is 4.90 Å². The molecule has 1 aliphatic rings. The van der Waals surface area contributed by atoms with E-state index in [1.807, 2.05) is 20.8 Å². The third-order valence-electron chi connectivity index (χ3n) is 4.60. The maximum absolute atomic E-state index is 13.7. The van der Waals surface area contributed by atoms with Crippen molar-refractivity contribution in [3.05, 3.63) is 35.1 Å². The Morgan fingerprint density at radius 2 is 1.65 bits per heavy atom. The van der Waals surface area contributed by atoms with Crippen LogP contribution in [-0.4, -0.2) is 41.9 Å². The Balaban J connectivity index is 1.94. The van der Waals surface area contributed by atoms with Crippen molar-refractivity contribution in [2.45, 2.75) is 45.7 Å². The number of halogens is 3. The lowest BCUT2D eigenvalue weighted by Crippen LogP contribution is -2.54. The van der Waals surface area contributed by atoms with Gasteiger partial charge in [-0.05, 0) is 24.3 Å². The van der Waals surface area contributed by atoms with Crippen LogP contribution in [0.2, 0.25) is 0 Å². The molecule has 1 aromatic carbocycles. The number of likely N-dealkylation sites (tertiary alicyclic amines) is 1. The third kappa shape index (κ3) is 4.55. The molecule has 8 heteroatoms. The Morgan fingerprint density at radius 1 is 1.12 bits per heavy atom. The zero-order chi connectivity index (χ0) is 19.6. The number of hydrogen-bond donors (Lipinski definition) is 2. The molecule has 1 heterocycles. The maximum atomic E-state index is 13.7. The van der Waals surface area contributed by atoms with Crippen LogP contribution in [0.25, 0.3) is 0 Å². The molecule has 5 nitrogen and oxygen atoms in total. The first-order chi connectivity index (χ1) is 12.0. The topological polar surface area (TPSA) is 75.4 Å². The summed E-state index contributed by atoms with van der Waals surface area (Å²) in [5.74, 6) is -4.70. The quantitative estimate of drug-likeness (QED) is 0.800. The van der Waals surface area contributed by atoms with E-state index in [0.29, 0.717) is 38.1 Å². The van der Waals surface area contributed by atoms with E-state index in [-0.39, 0.29) is 17.4 Å². The summed E-state index contributed by atoms with van der Waals surface area (Å²) >= 11 is 0. The van der Waals surface area contributed by atoms with E-state index in [2.05, 4.69) is 5.32 Å². The number of hydrogen-bond acceptors (Lipinski definition) is 3. The van der Waals surface area contributed by atoms with Crippen LogP contribution in [0.15, 0.2) is 12.1 Å². The number of benzene rings is 1. The van der Waals surface area contributed by atoms with E-state index in [9.17, 15) is 22.8 Å². The molecule has 0 radical (unpaired) electrons. The van der Waals surface area contributed by atoms with Crippen molar-refractivity contribution in [1.29, 1.82) is 0 Å². The highest BCUT2D eigenvalue weighted by Gasteiger charge is 2.33. The minimum Gasteiger partial charge on any atom is -0.349 e. The predicted molar refractivity (Wildman–Crippen MR) is 90.8 cm³/mol. The van der Waals surface area contributed by atoms with Crippen LogP contribution in [0.3, 0.4) is 0 Å². The van der Waals surface area contributed by atoms with Crippen LogP contribution in [0.5, 0.6) is 0 Å². The van der Waals surface area contributed by atoms with E-state index in [1.165, 1.54) is 0 Å². The fraction of sp³-hybridized carbons (Fsp3) is 0.556. The Kier molecular flexibility index (Phi) is 5.95. The molecule has 1 atom stereocenters. The summed E-state index contributed by atoms with van der Waals surface area (Å²) in [4.78, 5) is 26.2. The lowest BCUT2D eigenvalue weighted by atomic mass is 9.86. The second-order valence-electron chi connectivity index (χ2n) is 7.66. The fourth-order valence-corrected chi connectivity index (χ4v) is 2.77. The highest BCUT2D eigenvalue weighted by atomic mass is 19.2. The van der Waals surface area contributed by atoms with Gasteiger partial charge in [0.1, 0.15) is 5.82 Å². The van der Waals surface area contributed by atoms with Crippen LogP contribution in [-0.2, 0) is 4.79 Å². The van der Waals surface area contributed by atoms with Crippen LogP contribution < -0.4 is 11.1 Å². The predicted octanol–water partition coefficient (Wildman–Crippen LogP) is 2.20.